The molecule has 0 bridgehead atoms. The highest BCUT2D eigenvalue weighted by Gasteiger charge is 2.19. The van der Waals surface area contributed by atoms with Gasteiger partial charge >= 0.3 is 5.63 Å². The van der Waals surface area contributed by atoms with Gasteiger partial charge in [-0.2, -0.15) is 0 Å². The number of carbonyl (C=O) groups excluding carboxylic acids is 1. The summed E-state index contributed by atoms with van der Waals surface area (Å²) in [7, 11) is 0. The molecule has 0 saturated heterocycles. The molecule has 0 fully saturated rings. The Hall–Kier alpha value is -2.60. The Morgan fingerprint density at radius 2 is 1.92 bits per heavy atom. The van der Waals surface area contributed by atoms with Gasteiger partial charge in [0.2, 0.25) is 5.91 Å². The SMILES string of the molecule is Cc1coc2cc3oc(=O)c(CC(=O)NC(CO)C(C)C)c(C)c3cc12. The van der Waals surface area contributed by atoms with E-state index in [9.17, 15) is 14.7 Å². The summed E-state index contributed by atoms with van der Waals surface area (Å²) in [6.45, 7) is 7.44. The predicted molar refractivity (Wildman–Crippen MR) is 99.3 cm³/mol. The topological polar surface area (TPSA) is 92.7 Å². The summed E-state index contributed by atoms with van der Waals surface area (Å²) in [4.78, 5) is 24.7. The van der Waals surface area contributed by atoms with Gasteiger partial charge in [-0.15, -0.1) is 0 Å². The molecule has 1 unspecified atom stereocenters. The van der Waals surface area contributed by atoms with Crippen LogP contribution in [0.5, 0.6) is 0 Å². The van der Waals surface area contributed by atoms with Crippen LogP contribution in [0.3, 0.4) is 0 Å². The monoisotopic (exact) mass is 357 g/mol. The zero-order valence-corrected chi connectivity index (χ0v) is 15.4. The van der Waals surface area contributed by atoms with E-state index in [-0.39, 0.29) is 30.9 Å². The van der Waals surface area contributed by atoms with Crippen LogP contribution in [0.2, 0.25) is 0 Å². The third-order valence-corrected chi connectivity index (χ3v) is 4.86. The summed E-state index contributed by atoms with van der Waals surface area (Å²) < 4.78 is 10.9. The van der Waals surface area contributed by atoms with Crippen molar-refractivity contribution in [1.29, 1.82) is 0 Å². The first kappa shape index (κ1) is 18.2. The van der Waals surface area contributed by atoms with Crippen LogP contribution >= 0.6 is 0 Å². The first-order valence-electron chi connectivity index (χ1n) is 8.66. The average Bonchev–Trinajstić information content (AvgIpc) is 2.95. The standard InChI is InChI=1S/C20H23NO5/c1-10(2)16(8-22)21-19(23)6-15-12(4)14-5-13-11(3)9-25-17(13)7-18(14)26-20(15)24/h5,7,9-10,16,22H,6,8H2,1-4H3,(H,21,23). The van der Waals surface area contributed by atoms with Crippen LogP contribution in [-0.2, 0) is 11.2 Å². The second kappa shape index (κ2) is 6.96. The van der Waals surface area contributed by atoms with Crippen LogP contribution in [0, 0.1) is 19.8 Å². The molecule has 3 rings (SSSR count). The number of amides is 1. The van der Waals surface area contributed by atoms with Crippen molar-refractivity contribution in [2.45, 2.75) is 40.2 Å². The molecule has 1 amide bonds. The molecular formula is C20H23NO5. The maximum atomic E-state index is 12.4. The molecule has 2 heterocycles. The number of benzene rings is 1. The minimum Gasteiger partial charge on any atom is -0.464 e. The second-order valence-corrected chi connectivity index (χ2v) is 7.03. The number of rotatable bonds is 5. The van der Waals surface area contributed by atoms with Gasteiger partial charge in [0.05, 0.1) is 30.9 Å². The number of carbonyl (C=O) groups is 1. The van der Waals surface area contributed by atoms with E-state index < -0.39 is 5.63 Å². The molecular weight excluding hydrogens is 334 g/mol. The lowest BCUT2D eigenvalue weighted by molar-refractivity contribution is -0.121. The van der Waals surface area contributed by atoms with Gasteiger partial charge in [-0.3, -0.25) is 4.79 Å². The lowest BCUT2D eigenvalue weighted by Gasteiger charge is -2.20. The van der Waals surface area contributed by atoms with Crippen molar-refractivity contribution < 1.29 is 18.7 Å². The third-order valence-electron chi connectivity index (χ3n) is 4.86. The van der Waals surface area contributed by atoms with Gasteiger partial charge in [-0.05, 0) is 37.0 Å². The lowest BCUT2D eigenvalue weighted by Crippen LogP contribution is -2.42. The number of hydrogen-bond donors (Lipinski definition) is 2. The first-order chi connectivity index (χ1) is 12.3. The van der Waals surface area contributed by atoms with Crippen molar-refractivity contribution in [2.24, 2.45) is 5.92 Å². The zero-order chi connectivity index (χ0) is 19.0. The Labute approximate surface area is 150 Å². The maximum absolute atomic E-state index is 12.4. The van der Waals surface area contributed by atoms with Crippen molar-refractivity contribution in [2.75, 3.05) is 6.61 Å². The Bertz CT molecular complexity index is 1030. The minimum absolute atomic E-state index is 0.0876. The molecule has 26 heavy (non-hydrogen) atoms. The average molecular weight is 357 g/mol. The number of fused-ring (bicyclic) bond motifs is 2. The maximum Gasteiger partial charge on any atom is 0.340 e. The normalized spacial score (nSPS) is 12.8. The van der Waals surface area contributed by atoms with Gasteiger partial charge in [-0.25, -0.2) is 4.79 Å². The molecule has 2 N–H and O–H groups in total. The molecule has 0 aliphatic heterocycles. The van der Waals surface area contributed by atoms with E-state index in [0.717, 1.165) is 21.9 Å². The summed E-state index contributed by atoms with van der Waals surface area (Å²) in [6, 6.07) is 3.29. The molecule has 0 radical (unpaired) electrons. The summed E-state index contributed by atoms with van der Waals surface area (Å²) in [6.07, 6.45) is 1.57. The van der Waals surface area contributed by atoms with Crippen molar-refractivity contribution in [3.05, 3.63) is 45.5 Å². The number of furan rings is 1. The predicted octanol–water partition coefficient (Wildman–Crippen LogP) is 2.83. The van der Waals surface area contributed by atoms with Crippen LogP contribution in [0.25, 0.3) is 21.9 Å². The second-order valence-electron chi connectivity index (χ2n) is 7.03. The largest absolute Gasteiger partial charge is 0.464 e. The number of aliphatic hydroxyl groups excluding tert-OH is 1. The number of nitrogens with one attached hydrogen (secondary N) is 1. The van der Waals surface area contributed by atoms with Crippen molar-refractivity contribution in [3.63, 3.8) is 0 Å². The molecule has 0 saturated carbocycles. The minimum atomic E-state index is -0.530. The van der Waals surface area contributed by atoms with E-state index in [1.807, 2.05) is 33.8 Å². The van der Waals surface area contributed by atoms with Crippen molar-refractivity contribution >= 4 is 27.8 Å². The van der Waals surface area contributed by atoms with Gasteiger partial charge in [0.25, 0.3) is 0 Å². The lowest BCUT2D eigenvalue weighted by atomic mass is 10.0. The molecule has 3 aromatic rings. The molecule has 1 atom stereocenters. The van der Waals surface area contributed by atoms with E-state index in [2.05, 4.69) is 5.32 Å². The Morgan fingerprint density at radius 3 is 2.58 bits per heavy atom. The molecule has 0 aliphatic rings. The fourth-order valence-corrected chi connectivity index (χ4v) is 3.08. The van der Waals surface area contributed by atoms with Crippen molar-refractivity contribution in [3.8, 4) is 0 Å². The summed E-state index contributed by atoms with van der Waals surface area (Å²) in [5.74, 6) is -0.219. The van der Waals surface area contributed by atoms with E-state index in [0.29, 0.717) is 16.7 Å². The molecule has 138 valence electrons. The van der Waals surface area contributed by atoms with Crippen LogP contribution < -0.4 is 10.9 Å². The van der Waals surface area contributed by atoms with E-state index in [1.54, 1.807) is 12.3 Å². The zero-order valence-electron chi connectivity index (χ0n) is 15.4. The Kier molecular flexibility index (Phi) is 4.87. The van der Waals surface area contributed by atoms with Crippen LogP contribution in [0.15, 0.2) is 32.0 Å². The fourth-order valence-electron chi connectivity index (χ4n) is 3.08. The number of hydrogen-bond acceptors (Lipinski definition) is 5. The summed E-state index contributed by atoms with van der Waals surface area (Å²) in [5.41, 5.74) is 2.61. The summed E-state index contributed by atoms with van der Waals surface area (Å²) in [5, 5.41) is 13.9. The Morgan fingerprint density at radius 1 is 1.19 bits per heavy atom. The quantitative estimate of drug-likeness (QED) is 0.685. The van der Waals surface area contributed by atoms with Gasteiger partial charge < -0.3 is 19.3 Å². The van der Waals surface area contributed by atoms with Gasteiger partial charge in [-0.1, -0.05) is 13.8 Å². The number of aryl methyl sites for hydroxylation is 2. The molecule has 0 aliphatic carbocycles. The van der Waals surface area contributed by atoms with Gasteiger partial charge in [0, 0.05) is 16.8 Å². The molecule has 1 aromatic carbocycles. The Balaban J connectivity index is 2.00. The van der Waals surface area contributed by atoms with Crippen LogP contribution in [0.4, 0.5) is 0 Å². The van der Waals surface area contributed by atoms with E-state index in [4.69, 9.17) is 8.83 Å². The number of aliphatic hydroxyl groups is 1. The van der Waals surface area contributed by atoms with Crippen LogP contribution in [-0.4, -0.2) is 23.7 Å². The smallest absolute Gasteiger partial charge is 0.340 e. The van der Waals surface area contributed by atoms with Gasteiger partial charge in [0.1, 0.15) is 11.2 Å². The third kappa shape index (κ3) is 3.24. The highest BCUT2D eigenvalue weighted by Crippen LogP contribution is 2.28. The van der Waals surface area contributed by atoms with Crippen molar-refractivity contribution in [1.82, 2.24) is 5.32 Å². The highest BCUT2D eigenvalue weighted by atomic mass is 16.4. The molecule has 2 aromatic heterocycles. The van der Waals surface area contributed by atoms with Gasteiger partial charge in [0.15, 0.2) is 0 Å². The molecule has 6 heteroatoms. The molecule has 6 nitrogen and oxygen atoms in total. The summed E-state index contributed by atoms with van der Waals surface area (Å²) >= 11 is 0. The molecule has 0 spiro atoms. The first-order valence-corrected chi connectivity index (χ1v) is 8.66. The highest BCUT2D eigenvalue weighted by molar-refractivity contribution is 5.96. The van der Waals surface area contributed by atoms with E-state index in [1.165, 1.54) is 0 Å². The van der Waals surface area contributed by atoms with E-state index >= 15 is 0 Å². The fraction of sp³-hybridized carbons (Fsp3) is 0.400. The van der Waals surface area contributed by atoms with Crippen LogP contribution in [0.1, 0.15) is 30.5 Å².